The van der Waals surface area contributed by atoms with Gasteiger partial charge in [0, 0.05) is 12.0 Å². The number of nitrogens with zero attached hydrogens (tertiary/aromatic N) is 1. The van der Waals surface area contributed by atoms with Crippen LogP contribution in [-0.2, 0) is 11.2 Å². The molecule has 1 aliphatic heterocycles. The molecule has 0 spiro atoms. The summed E-state index contributed by atoms with van der Waals surface area (Å²) in [5.41, 5.74) is 2.99. The summed E-state index contributed by atoms with van der Waals surface area (Å²) >= 11 is 0. The van der Waals surface area contributed by atoms with Crippen molar-refractivity contribution in [1.82, 2.24) is 4.90 Å². The minimum Gasteiger partial charge on any atom is -0.493 e. The van der Waals surface area contributed by atoms with Crippen LogP contribution < -0.4 is 9.47 Å². The molecule has 0 saturated carbocycles. The second kappa shape index (κ2) is 7.02. The Balaban J connectivity index is 2.17. The first-order valence-corrected chi connectivity index (χ1v) is 8.97. The number of rotatable bonds is 3. The van der Waals surface area contributed by atoms with Crippen molar-refractivity contribution in [2.75, 3.05) is 20.8 Å². The summed E-state index contributed by atoms with van der Waals surface area (Å²) < 4.78 is 11.0. The lowest BCUT2D eigenvalue weighted by atomic mass is 9.85. The Hall–Kier alpha value is -2.49. The van der Waals surface area contributed by atoms with E-state index in [9.17, 15) is 4.79 Å². The minimum absolute atomic E-state index is 0.119. The van der Waals surface area contributed by atoms with E-state index in [4.69, 9.17) is 9.47 Å². The molecule has 0 unspecified atom stereocenters. The molecule has 26 heavy (non-hydrogen) atoms. The average molecular weight is 353 g/mol. The van der Waals surface area contributed by atoms with Crippen LogP contribution in [0.2, 0.25) is 0 Å². The maximum atomic E-state index is 13.2. The lowest BCUT2D eigenvalue weighted by molar-refractivity contribution is -0.141. The number of methoxy groups -OCH3 is 2. The van der Waals surface area contributed by atoms with Crippen LogP contribution in [0.15, 0.2) is 42.5 Å². The van der Waals surface area contributed by atoms with Gasteiger partial charge in [0.1, 0.15) is 0 Å². The van der Waals surface area contributed by atoms with Crippen molar-refractivity contribution >= 4 is 5.91 Å². The zero-order valence-electron chi connectivity index (χ0n) is 16.2. The van der Waals surface area contributed by atoms with Gasteiger partial charge in [0.25, 0.3) is 0 Å². The molecule has 0 N–H and O–H groups in total. The lowest BCUT2D eigenvalue weighted by Crippen LogP contribution is -2.45. The van der Waals surface area contributed by atoms with E-state index in [-0.39, 0.29) is 11.9 Å². The Kier molecular flexibility index (Phi) is 4.94. The molecular weight excluding hydrogens is 326 g/mol. The molecule has 0 fully saturated rings. The Morgan fingerprint density at radius 1 is 1.04 bits per heavy atom. The van der Waals surface area contributed by atoms with E-state index in [1.54, 1.807) is 14.2 Å². The van der Waals surface area contributed by atoms with Crippen LogP contribution in [-0.4, -0.2) is 31.6 Å². The second-order valence-electron chi connectivity index (χ2n) is 7.72. The molecule has 4 heteroatoms. The molecule has 3 rings (SSSR count). The standard InChI is InChI=1S/C22H27NO3/c1-22(2,3)21(24)23-12-11-16-13-18(25-4)19(26-5)14-17(16)20(23)15-9-7-6-8-10-15/h6-10,13-14,20H,11-12H2,1-5H3/t20-/m1/s1. The number of carbonyl (C=O) groups is 1. The van der Waals surface area contributed by atoms with Gasteiger partial charge in [-0.3, -0.25) is 4.79 Å². The fraction of sp³-hybridized carbons (Fsp3) is 0.409. The summed E-state index contributed by atoms with van der Waals surface area (Å²) in [5, 5.41) is 0. The van der Waals surface area contributed by atoms with E-state index in [1.165, 1.54) is 5.56 Å². The summed E-state index contributed by atoms with van der Waals surface area (Å²) in [6.45, 7) is 6.61. The fourth-order valence-corrected chi connectivity index (χ4v) is 3.59. The van der Waals surface area contributed by atoms with Crippen molar-refractivity contribution in [2.45, 2.75) is 33.2 Å². The third kappa shape index (κ3) is 3.28. The van der Waals surface area contributed by atoms with Gasteiger partial charge in [-0.1, -0.05) is 51.1 Å². The first kappa shape index (κ1) is 18.3. The third-order valence-electron chi connectivity index (χ3n) is 4.89. The Morgan fingerprint density at radius 2 is 1.65 bits per heavy atom. The molecule has 0 saturated heterocycles. The number of amides is 1. The maximum absolute atomic E-state index is 13.2. The van der Waals surface area contributed by atoms with Gasteiger partial charge in [0.2, 0.25) is 5.91 Å². The van der Waals surface area contributed by atoms with Crippen molar-refractivity contribution in [3.05, 3.63) is 59.2 Å². The highest BCUT2D eigenvalue weighted by Crippen LogP contribution is 2.42. The molecule has 2 aromatic rings. The first-order valence-electron chi connectivity index (χ1n) is 8.97. The molecule has 0 radical (unpaired) electrons. The van der Waals surface area contributed by atoms with Crippen LogP contribution in [0.5, 0.6) is 11.5 Å². The number of hydrogen-bond donors (Lipinski definition) is 0. The zero-order valence-corrected chi connectivity index (χ0v) is 16.2. The number of benzene rings is 2. The van der Waals surface area contributed by atoms with Gasteiger partial charge in [-0.25, -0.2) is 0 Å². The van der Waals surface area contributed by atoms with Crippen molar-refractivity contribution < 1.29 is 14.3 Å². The van der Waals surface area contributed by atoms with Crippen LogP contribution in [0.1, 0.15) is 43.5 Å². The highest BCUT2D eigenvalue weighted by molar-refractivity contribution is 5.83. The maximum Gasteiger partial charge on any atom is 0.228 e. The van der Waals surface area contributed by atoms with Crippen molar-refractivity contribution in [1.29, 1.82) is 0 Å². The molecule has 1 aliphatic rings. The Labute approximate surface area is 155 Å². The second-order valence-corrected chi connectivity index (χ2v) is 7.72. The normalized spacial score (nSPS) is 16.8. The summed E-state index contributed by atoms with van der Waals surface area (Å²) in [4.78, 5) is 15.2. The zero-order chi connectivity index (χ0) is 18.9. The molecule has 138 valence electrons. The van der Waals surface area contributed by atoms with Gasteiger partial charge >= 0.3 is 0 Å². The predicted octanol–water partition coefficient (Wildman–Crippen LogP) is 4.22. The molecule has 1 amide bonds. The highest BCUT2D eigenvalue weighted by atomic mass is 16.5. The largest absolute Gasteiger partial charge is 0.493 e. The van der Waals surface area contributed by atoms with Gasteiger partial charge in [-0.15, -0.1) is 0 Å². The summed E-state index contributed by atoms with van der Waals surface area (Å²) in [6, 6.07) is 14.1. The van der Waals surface area contributed by atoms with E-state index in [2.05, 4.69) is 12.1 Å². The van der Waals surface area contributed by atoms with Crippen molar-refractivity contribution in [2.24, 2.45) is 5.41 Å². The van der Waals surface area contributed by atoms with Crippen LogP contribution in [0, 0.1) is 5.41 Å². The van der Waals surface area contributed by atoms with E-state index in [1.807, 2.05) is 56.0 Å². The average Bonchev–Trinajstić information content (AvgIpc) is 2.65. The van der Waals surface area contributed by atoms with E-state index in [0.717, 1.165) is 23.3 Å². The first-order chi connectivity index (χ1) is 12.4. The third-order valence-corrected chi connectivity index (χ3v) is 4.89. The molecule has 4 nitrogen and oxygen atoms in total. The van der Waals surface area contributed by atoms with Gasteiger partial charge < -0.3 is 14.4 Å². The molecular formula is C22H27NO3. The van der Waals surface area contributed by atoms with E-state index < -0.39 is 5.41 Å². The van der Waals surface area contributed by atoms with Crippen LogP contribution in [0.3, 0.4) is 0 Å². The van der Waals surface area contributed by atoms with Crippen LogP contribution in [0.25, 0.3) is 0 Å². The number of ether oxygens (including phenoxy) is 2. The Morgan fingerprint density at radius 3 is 2.23 bits per heavy atom. The number of hydrogen-bond acceptors (Lipinski definition) is 3. The molecule has 2 aromatic carbocycles. The van der Waals surface area contributed by atoms with E-state index >= 15 is 0 Å². The summed E-state index contributed by atoms with van der Waals surface area (Å²) in [6.07, 6.45) is 0.806. The minimum atomic E-state index is -0.429. The van der Waals surface area contributed by atoms with Gasteiger partial charge in [0.05, 0.1) is 20.3 Å². The highest BCUT2D eigenvalue weighted by Gasteiger charge is 2.37. The SMILES string of the molecule is COc1cc2c(cc1OC)[C@@H](c1ccccc1)N(C(=O)C(C)(C)C)CC2. The predicted molar refractivity (Wildman–Crippen MR) is 103 cm³/mol. The smallest absolute Gasteiger partial charge is 0.228 e. The Bertz CT molecular complexity index is 793. The van der Waals surface area contributed by atoms with Gasteiger partial charge in [0.15, 0.2) is 11.5 Å². The summed E-state index contributed by atoms with van der Waals surface area (Å²) in [5.74, 6) is 1.58. The molecule has 0 aliphatic carbocycles. The van der Waals surface area contributed by atoms with Gasteiger partial charge in [-0.05, 0) is 35.2 Å². The monoisotopic (exact) mass is 353 g/mol. The van der Waals surface area contributed by atoms with Gasteiger partial charge in [-0.2, -0.15) is 0 Å². The fourth-order valence-electron chi connectivity index (χ4n) is 3.59. The van der Waals surface area contributed by atoms with Crippen LogP contribution in [0.4, 0.5) is 0 Å². The number of fused-ring (bicyclic) bond motifs is 1. The van der Waals surface area contributed by atoms with Crippen molar-refractivity contribution in [3.8, 4) is 11.5 Å². The lowest BCUT2D eigenvalue weighted by Gasteiger charge is -2.41. The number of carbonyl (C=O) groups excluding carboxylic acids is 1. The quantitative estimate of drug-likeness (QED) is 0.829. The molecule has 1 heterocycles. The topological polar surface area (TPSA) is 38.8 Å². The van der Waals surface area contributed by atoms with Crippen LogP contribution >= 0.6 is 0 Å². The van der Waals surface area contributed by atoms with Crippen molar-refractivity contribution in [3.63, 3.8) is 0 Å². The summed E-state index contributed by atoms with van der Waals surface area (Å²) in [7, 11) is 3.29. The molecule has 0 aromatic heterocycles. The van der Waals surface area contributed by atoms with E-state index in [0.29, 0.717) is 12.3 Å². The molecule has 1 atom stereocenters. The molecule has 0 bridgehead atoms.